The Kier molecular flexibility index (Phi) is 1.81. The van der Waals surface area contributed by atoms with Gasteiger partial charge in [0, 0.05) is 20.0 Å². The fraction of sp³-hybridized carbons (Fsp3) is 0.500. The van der Waals surface area contributed by atoms with E-state index < -0.39 is 0 Å². The molecule has 2 heterocycles. The van der Waals surface area contributed by atoms with Gasteiger partial charge in [0.15, 0.2) is 0 Å². The van der Waals surface area contributed by atoms with Gasteiger partial charge < -0.3 is 9.42 Å². The van der Waals surface area contributed by atoms with Crippen molar-refractivity contribution in [2.45, 2.75) is 13.3 Å². The molecule has 12 heavy (non-hydrogen) atoms. The molecule has 1 aromatic rings. The maximum absolute atomic E-state index is 4.89. The molecule has 0 aliphatic carbocycles. The molecule has 64 valence electrons. The van der Waals surface area contributed by atoms with E-state index >= 15 is 0 Å². The van der Waals surface area contributed by atoms with Crippen LogP contribution in [0.15, 0.2) is 16.7 Å². The largest absolute Gasteiger partial charge is 0.338 e. The summed E-state index contributed by atoms with van der Waals surface area (Å²) in [5.41, 5.74) is 0. The first-order valence-electron chi connectivity index (χ1n) is 4.06. The third kappa shape index (κ3) is 1.32. The number of rotatable bonds is 1. The second kappa shape index (κ2) is 2.97. The van der Waals surface area contributed by atoms with Crippen LogP contribution >= 0.6 is 0 Å². The van der Waals surface area contributed by atoms with Crippen LogP contribution in [0.4, 0.5) is 5.95 Å². The molecule has 0 fully saturated rings. The van der Waals surface area contributed by atoms with Crippen molar-refractivity contribution in [2.75, 3.05) is 18.0 Å². The summed E-state index contributed by atoms with van der Waals surface area (Å²) < 4.78 is 4.89. The predicted octanol–water partition coefficient (Wildman–Crippen LogP) is 1.14. The van der Waals surface area contributed by atoms with E-state index in [4.69, 9.17) is 4.52 Å². The summed E-state index contributed by atoms with van der Waals surface area (Å²) in [5, 5.41) is 3.85. The molecule has 0 saturated heterocycles. The second-order valence-electron chi connectivity index (χ2n) is 2.82. The summed E-state index contributed by atoms with van der Waals surface area (Å²) in [6, 6.07) is 0. The van der Waals surface area contributed by atoms with Crippen molar-refractivity contribution in [3.05, 3.63) is 18.0 Å². The molecular weight excluding hydrogens is 154 g/mol. The lowest BCUT2D eigenvalue weighted by Gasteiger charge is -2.20. The first kappa shape index (κ1) is 7.34. The highest BCUT2D eigenvalue weighted by atomic mass is 16.5. The molecule has 0 radical (unpaired) electrons. The lowest BCUT2D eigenvalue weighted by molar-refractivity contribution is 0.392. The number of aryl methyl sites for hydroxylation is 1. The molecule has 4 nitrogen and oxygen atoms in total. The molecule has 0 aromatic carbocycles. The van der Waals surface area contributed by atoms with Gasteiger partial charge in [0.25, 0.3) is 5.95 Å². The highest BCUT2D eigenvalue weighted by Crippen LogP contribution is 2.11. The average molecular weight is 165 g/mol. The number of hydrogen-bond donors (Lipinski definition) is 0. The van der Waals surface area contributed by atoms with Gasteiger partial charge in [-0.05, 0) is 11.6 Å². The minimum absolute atomic E-state index is 0.625. The van der Waals surface area contributed by atoms with Gasteiger partial charge in [-0.15, -0.1) is 0 Å². The highest BCUT2D eigenvalue weighted by molar-refractivity contribution is 5.30. The summed E-state index contributed by atoms with van der Waals surface area (Å²) in [6.45, 7) is 3.67. The quantitative estimate of drug-likeness (QED) is 0.585. The van der Waals surface area contributed by atoms with Crippen molar-refractivity contribution < 1.29 is 4.52 Å². The second-order valence-corrected chi connectivity index (χ2v) is 2.82. The molecule has 1 aromatic heterocycles. The summed E-state index contributed by atoms with van der Waals surface area (Å²) >= 11 is 0. The highest BCUT2D eigenvalue weighted by Gasteiger charge is 2.12. The Morgan fingerprint density at radius 2 is 2.42 bits per heavy atom. The monoisotopic (exact) mass is 165 g/mol. The van der Waals surface area contributed by atoms with Crippen molar-refractivity contribution in [1.29, 1.82) is 0 Å². The average Bonchev–Trinajstić information content (AvgIpc) is 2.54. The molecule has 0 atom stereocenters. The molecule has 0 unspecified atom stereocenters. The van der Waals surface area contributed by atoms with Crippen LogP contribution in [-0.4, -0.2) is 23.2 Å². The maximum Gasteiger partial charge on any atom is 0.266 e. The zero-order chi connectivity index (χ0) is 8.39. The van der Waals surface area contributed by atoms with E-state index in [0.29, 0.717) is 11.8 Å². The molecule has 0 spiro atoms. The van der Waals surface area contributed by atoms with Gasteiger partial charge in [-0.1, -0.05) is 12.2 Å². The van der Waals surface area contributed by atoms with Gasteiger partial charge in [-0.25, -0.2) is 0 Å². The summed E-state index contributed by atoms with van der Waals surface area (Å²) in [7, 11) is 0. The molecule has 0 saturated carbocycles. The number of hydrogen-bond acceptors (Lipinski definition) is 4. The standard InChI is InChI=1S/C8H11N3O/c1-7-9-8(10-12-7)11-5-3-2-4-6-11/h2-3H,4-6H2,1H3. The minimum Gasteiger partial charge on any atom is -0.338 e. The Labute approximate surface area is 70.9 Å². The first-order valence-corrected chi connectivity index (χ1v) is 4.06. The summed E-state index contributed by atoms with van der Waals surface area (Å²) in [6.07, 6.45) is 5.35. The fourth-order valence-electron chi connectivity index (χ4n) is 1.24. The predicted molar refractivity (Wildman–Crippen MR) is 45.0 cm³/mol. The zero-order valence-corrected chi connectivity index (χ0v) is 7.03. The molecular formula is C8H11N3O. The van der Waals surface area contributed by atoms with Crippen LogP contribution < -0.4 is 4.90 Å². The smallest absolute Gasteiger partial charge is 0.266 e. The molecule has 2 rings (SSSR count). The minimum atomic E-state index is 0.625. The normalized spacial score (nSPS) is 16.9. The molecule has 0 amide bonds. The van der Waals surface area contributed by atoms with Gasteiger partial charge in [0.05, 0.1) is 0 Å². The van der Waals surface area contributed by atoms with E-state index in [0.717, 1.165) is 19.5 Å². The topological polar surface area (TPSA) is 42.2 Å². The fourth-order valence-corrected chi connectivity index (χ4v) is 1.24. The third-order valence-corrected chi connectivity index (χ3v) is 1.86. The van der Waals surface area contributed by atoms with Crippen molar-refractivity contribution in [1.82, 2.24) is 10.1 Å². The number of aromatic nitrogens is 2. The van der Waals surface area contributed by atoms with E-state index in [1.807, 2.05) is 0 Å². The van der Waals surface area contributed by atoms with Crippen molar-refractivity contribution in [3.8, 4) is 0 Å². The van der Waals surface area contributed by atoms with Gasteiger partial charge in [-0.2, -0.15) is 4.98 Å². The van der Waals surface area contributed by atoms with Crippen molar-refractivity contribution in [3.63, 3.8) is 0 Å². The van der Waals surface area contributed by atoms with Crippen LogP contribution in [-0.2, 0) is 0 Å². The van der Waals surface area contributed by atoms with E-state index in [9.17, 15) is 0 Å². The Hall–Kier alpha value is -1.32. The van der Waals surface area contributed by atoms with E-state index in [-0.39, 0.29) is 0 Å². The lowest BCUT2D eigenvalue weighted by Crippen LogP contribution is -2.27. The van der Waals surface area contributed by atoms with Gasteiger partial charge in [0.2, 0.25) is 5.89 Å². The maximum atomic E-state index is 4.89. The Balaban J connectivity index is 2.14. The van der Waals surface area contributed by atoms with Crippen LogP contribution in [0.5, 0.6) is 0 Å². The van der Waals surface area contributed by atoms with Crippen LogP contribution in [0.3, 0.4) is 0 Å². The molecule has 0 bridgehead atoms. The van der Waals surface area contributed by atoms with Crippen LogP contribution in [0.1, 0.15) is 12.3 Å². The molecule has 1 aliphatic heterocycles. The Morgan fingerprint density at radius 3 is 3.00 bits per heavy atom. The third-order valence-electron chi connectivity index (χ3n) is 1.86. The van der Waals surface area contributed by atoms with Gasteiger partial charge in [-0.3, -0.25) is 0 Å². The van der Waals surface area contributed by atoms with Crippen LogP contribution in [0.2, 0.25) is 0 Å². The molecule has 1 aliphatic rings. The lowest BCUT2D eigenvalue weighted by atomic mass is 10.3. The van der Waals surface area contributed by atoms with Crippen molar-refractivity contribution >= 4 is 5.95 Å². The van der Waals surface area contributed by atoms with Gasteiger partial charge in [0.1, 0.15) is 0 Å². The summed E-state index contributed by atoms with van der Waals surface area (Å²) in [5.74, 6) is 1.33. The van der Waals surface area contributed by atoms with E-state index in [1.165, 1.54) is 0 Å². The van der Waals surface area contributed by atoms with Crippen LogP contribution in [0, 0.1) is 6.92 Å². The van der Waals surface area contributed by atoms with E-state index in [2.05, 4.69) is 27.2 Å². The number of anilines is 1. The number of nitrogens with zero attached hydrogens (tertiary/aromatic N) is 3. The first-order chi connectivity index (χ1) is 5.86. The van der Waals surface area contributed by atoms with E-state index in [1.54, 1.807) is 6.92 Å². The zero-order valence-electron chi connectivity index (χ0n) is 7.03. The van der Waals surface area contributed by atoms with Gasteiger partial charge >= 0.3 is 0 Å². The van der Waals surface area contributed by atoms with Crippen LogP contribution in [0.25, 0.3) is 0 Å². The Morgan fingerprint density at radius 1 is 1.50 bits per heavy atom. The Bertz CT molecular complexity index is 292. The van der Waals surface area contributed by atoms with Crippen molar-refractivity contribution in [2.24, 2.45) is 0 Å². The SMILES string of the molecule is Cc1nc(N2CC=CCC2)no1. The molecule has 0 N–H and O–H groups in total. The summed E-state index contributed by atoms with van der Waals surface area (Å²) in [4.78, 5) is 6.24. The molecule has 4 heteroatoms.